The molecular weight excluding hydrogens is 468 g/mol. The number of alkyl carbamates (subject to hydrolysis) is 1. The fourth-order valence-corrected chi connectivity index (χ4v) is 9.62. The van der Waals surface area contributed by atoms with Crippen molar-refractivity contribution in [3.05, 3.63) is 0 Å². The van der Waals surface area contributed by atoms with E-state index in [1.54, 1.807) is 0 Å². The van der Waals surface area contributed by atoms with Crippen molar-refractivity contribution in [2.24, 2.45) is 45.8 Å². The highest BCUT2D eigenvalue weighted by atomic mass is 16.6. The number of hydrogen-bond acceptors (Lipinski definition) is 6. The molecule has 5 aliphatic rings. The van der Waals surface area contributed by atoms with Gasteiger partial charge in [-0.25, -0.2) is 4.79 Å². The summed E-state index contributed by atoms with van der Waals surface area (Å²) in [5.74, 6) is 0.125. The van der Waals surface area contributed by atoms with E-state index < -0.39 is 29.1 Å². The Hall–Kier alpha value is -1.47. The van der Waals surface area contributed by atoms with E-state index in [1.165, 1.54) is 0 Å². The predicted molar refractivity (Wildman–Crippen MR) is 141 cm³/mol. The molecule has 37 heavy (non-hydrogen) atoms. The molecule has 5 rings (SSSR count). The first-order valence-electron chi connectivity index (χ1n) is 14.9. The average molecular weight is 517 g/mol. The SMILES string of the molecule is CCCC[C@]1(C)C[C@@H](OC(=O)NC(=O)[C@H]2CN3CC[C@@H]2C3)[C@@]2(C)C3C(=O)CCC3(CC[C@H]2C)[C@@H](C)[C@@H]1O. The second-order valence-corrected chi connectivity index (χ2v) is 13.9. The number of nitrogens with zero attached hydrogens (tertiary/aromatic N) is 1. The molecule has 7 heteroatoms. The van der Waals surface area contributed by atoms with Crippen molar-refractivity contribution in [1.82, 2.24) is 10.2 Å². The molecule has 0 aromatic heterocycles. The van der Waals surface area contributed by atoms with E-state index in [0.29, 0.717) is 25.3 Å². The second-order valence-electron chi connectivity index (χ2n) is 13.9. The minimum absolute atomic E-state index is 0.00164. The highest BCUT2D eigenvalue weighted by molar-refractivity contribution is 5.93. The molecule has 7 nitrogen and oxygen atoms in total. The van der Waals surface area contributed by atoms with Crippen molar-refractivity contribution in [1.29, 1.82) is 0 Å². The van der Waals surface area contributed by atoms with Crippen LogP contribution in [0.5, 0.6) is 0 Å². The summed E-state index contributed by atoms with van der Waals surface area (Å²) in [6, 6.07) is 0. The molecule has 208 valence electrons. The van der Waals surface area contributed by atoms with Gasteiger partial charge in [0.1, 0.15) is 11.9 Å². The van der Waals surface area contributed by atoms with Crippen molar-refractivity contribution in [3.8, 4) is 0 Å². The molecule has 0 aromatic rings. The smallest absolute Gasteiger partial charge is 0.414 e. The molecular formula is C30H48N2O5. The zero-order valence-electron chi connectivity index (χ0n) is 23.6. The minimum atomic E-state index is -0.691. The van der Waals surface area contributed by atoms with Crippen molar-refractivity contribution >= 4 is 17.8 Å². The highest BCUT2D eigenvalue weighted by Crippen LogP contribution is 2.68. The van der Waals surface area contributed by atoms with Gasteiger partial charge in [0.05, 0.1) is 12.0 Å². The Bertz CT molecular complexity index is 939. The number of piperidine rings is 1. The lowest BCUT2D eigenvalue weighted by molar-refractivity contribution is -0.199. The first-order valence-corrected chi connectivity index (χ1v) is 14.9. The third-order valence-electron chi connectivity index (χ3n) is 12.1. The van der Waals surface area contributed by atoms with Gasteiger partial charge in [-0.15, -0.1) is 0 Å². The van der Waals surface area contributed by atoms with E-state index >= 15 is 0 Å². The molecule has 0 spiro atoms. The van der Waals surface area contributed by atoms with E-state index in [2.05, 4.69) is 44.8 Å². The van der Waals surface area contributed by atoms with E-state index in [4.69, 9.17) is 4.74 Å². The summed E-state index contributed by atoms with van der Waals surface area (Å²) in [7, 11) is 0. The fraction of sp³-hybridized carbons (Fsp3) is 0.900. The summed E-state index contributed by atoms with van der Waals surface area (Å²) in [5.41, 5.74) is -1.24. The lowest BCUT2D eigenvalue weighted by Gasteiger charge is -2.62. The summed E-state index contributed by atoms with van der Waals surface area (Å²) in [6.45, 7) is 13.5. The van der Waals surface area contributed by atoms with Crippen molar-refractivity contribution < 1.29 is 24.2 Å². The molecule has 3 aliphatic carbocycles. The molecule has 3 unspecified atom stereocenters. The molecule has 2 amide bonds. The number of carbonyl (C=O) groups excluding carboxylic acids is 3. The molecule has 2 heterocycles. The Morgan fingerprint density at radius 1 is 1.16 bits per heavy atom. The van der Waals surface area contributed by atoms with Gasteiger partial charge in [-0.05, 0) is 73.7 Å². The van der Waals surface area contributed by atoms with E-state index in [0.717, 1.165) is 58.0 Å². The molecule has 2 aliphatic heterocycles. The van der Waals surface area contributed by atoms with Gasteiger partial charge in [0.2, 0.25) is 5.91 Å². The van der Waals surface area contributed by atoms with Gasteiger partial charge in [-0.3, -0.25) is 14.9 Å². The van der Waals surface area contributed by atoms with Crippen LogP contribution < -0.4 is 5.32 Å². The number of aliphatic hydroxyl groups is 1. The van der Waals surface area contributed by atoms with Crippen LogP contribution in [0.3, 0.4) is 0 Å². The van der Waals surface area contributed by atoms with E-state index in [1.807, 2.05) is 0 Å². The van der Waals surface area contributed by atoms with Gasteiger partial charge in [-0.1, -0.05) is 47.5 Å². The Balaban J connectivity index is 1.46. The van der Waals surface area contributed by atoms with Crippen LogP contribution in [-0.4, -0.2) is 59.6 Å². The number of carbonyl (C=O) groups is 3. The molecule has 3 saturated carbocycles. The number of fused-ring (bicyclic) bond motifs is 2. The van der Waals surface area contributed by atoms with Crippen LogP contribution in [0.1, 0.15) is 92.4 Å². The number of nitrogens with one attached hydrogen (secondary N) is 1. The van der Waals surface area contributed by atoms with Crippen molar-refractivity contribution in [2.75, 3.05) is 19.6 Å². The number of aliphatic hydroxyl groups excluding tert-OH is 1. The van der Waals surface area contributed by atoms with Crippen molar-refractivity contribution in [3.63, 3.8) is 0 Å². The van der Waals surface area contributed by atoms with Crippen LogP contribution >= 0.6 is 0 Å². The molecule has 11 atom stereocenters. The van der Waals surface area contributed by atoms with Crippen LogP contribution in [0.4, 0.5) is 4.79 Å². The molecule has 0 radical (unpaired) electrons. The average Bonchev–Trinajstić information content (AvgIpc) is 3.59. The largest absolute Gasteiger partial charge is 0.445 e. The maximum absolute atomic E-state index is 13.6. The van der Waals surface area contributed by atoms with Gasteiger partial charge in [0.25, 0.3) is 0 Å². The predicted octanol–water partition coefficient (Wildman–Crippen LogP) is 4.56. The first kappa shape index (κ1) is 27.1. The zero-order chi connectivity index (χ0) is 26.8. The number of amides is 2. The summed E-state index contributed by atoms with van der Waals surface area (Å²) in [6.07, 6.45) is 5.75. The van der Waals surface area contributed by atoms with Gasteiger partial charge >= 0.3 is 6.09 Å². The van der Waals surface area contributed by atoms with Gasteiger partial charge in [0, 0.05) is 30.8 Å². The summed E-state index contributed by atoms with van der Waals surface area (Å²) in [4.78, 5) is 42.2. The van der Waals surface area contributed by atoms with Crippen molar-refractivity contribution in [2.45, 2.75) is 105 Å². The number of ketones is 1. The minimum Gasteiger partial charge on any atom is -0.445 e. The summed E-state index contributed by atoms with van der Waals surface area (Å²) >= 11 is 0. The summed E-state index contributed by atoms with van der Waals surface area (Å²) < 4.78 is 6.26. The maximum Gasteiger partial charge on any atom is 0.414 e. The normalized spacial score (nSPS) is 48.8. The maximum atomic E-state index is 13.6. The molecule has 4 bridgehead atoms. The molecule has 0 aromatic carbocycles. The fourth-order valence-electron chi connectivity index (χ4n) is 9.62. The highest BCUT2D eigenvalue weighted by Gasteiger charge is 2.68. The monoisotopic (exact) mass is 516 g/mol. The number of rotatable bonds is 5. The first-order chi connectivity index (χ1) is 17.5. The van der Waals surface area contributed by atoms with E-state index in [-0.39, 0.29) is 40.8 Å². The van der Waals surface area contributed by atoms with Crippen LogP contribution in [-0.2, 0) is 14.3 Å². The number of ether oxygens (including phenoxy) is 1. The second kappa shape index (κ2) is 9.62. The lowest BCUT2D eigenvalue weighted by Crippen LogP contribution is -2.63. The van der Waals surface area contributed by atoms with Crippen LogP contribution in [0.15, 0.2) is 0 Å². The van der Waals surface area contributed by atoms with Gasteiger partial charge < -0.3 is 14.7 Å². The standard InChI is InChI=1S/C30H48N2O5/c1-6-7-11-28(4)15-23(37-27(36)31-26(35)21-17-32-14-10-20(21)16-32)29(5)18(2)8-12-30(19(3)25(28)34)13-9-22(33)24(29)30/h18-21,23-25,34H,6-17H2,1-5H3,(H,31,35,36)/t18-,19+,20-,21+,23-,24?,25+,28-,29+,30?/m1/s1. The summed E-state index contributed by atoms with van der Waals surface area (Å²) in [5, 5.41) is 14.5. The molecule has 2 N–H and O–H groups in total. The van der Waals surface area contributed by atoms with Crippen LogP contribution in [0.25, 0.3) is 0 Å². The number of Topliss-reactive ketones (excluding diaryl/α,β-unsaturated/α-hetero) is 1. The van der Waals surface area contributed by atoms with Crippen LogP contribution in [0, 0.1) is 45.8 Å². The molecule has 2 saturated heterocycles. The zero-order valence-corrected chi connectivity index (χ0v) is 23.6. The number of unbranched alkanes of at least 4 members (excludes halogenated alkanes) is 1. The quantitative estimate of drug-likeness (QED) is 0.556. The molecule has 5 fully saturated rings. The lowest BCUT2D eigenvalue weighted by atomic mass is 9.43. The Morgan fingerprint density at radius 2 is 1.92 bits per heavy atom. The van der Waals surface area contributed by atoms with Crippen LogP contribution in [0.2, 0.25) is 0 Å². The van der Waals surface area contributed by atoms with E-state index in [9.17, 15) is 19.5 Å². The number of hydrogen-bond donors (Lipinski definition) is 2. The van der Waals surface area contributed by atoms with Gasteiger partial charge in [-0.2, -0.15) is 0 Å². The Morgan fingerprint density at radius 3 is 2.57 bits per heavy atom. The van der Waals surface area contributed by atoms with Gasteiger partial charge in [0.15, 0.2) is 0 Å². The third kappa shape index (κ3) is 4.18. The Kier molecular flexibility index (Phi) is 7.05. The topological polar surface area (TPSA) is 95.9 Å². The third-order valence-corrected chi connectivity index (χ3v) is 12.1. The Labute approximate surface area is 222 Å². The number of imide groups is 1.